The minimum atomic E-state index is -0.456. The Hall–Kier alpha value is -1.63. The lowest BCUT2D eigenvalue weighted by molar-refractivity contribution is -0.388. The summed E-state index contributed by atoms with van der Waals surface area (Å²) in [5.74, 6) is -0.0518. The van der Waals surface area contributed by atoms with Crippen LogP contribution in [0, 0.1) is 10.1 Å². The molecular formula is C8H13N5O2. The van der Waals surface area contributed by atoms with Crippen LogP contribution in [0.15, 0.2) is 6.20 Å². The van der Waals surface area contributed by atoms with E-state index in [1.807, 2.05) is 4.90 Å². The molecule has 7 heteroatoms. The van der Waals surface area contributed by atoms with Gasteiger partial charge in [0.25, 0.3) is 0 Å². The highest BCUT2D eigenvalue weighted by Gasteiger charge is 2.24. The number of piperidine rings is 1. The van der Waals surface area contributed by atoms with Gasteiger partial charge in [0.05, 0.1) is 0 Å². The molecule has 0 spiro atoms. The summed E-state index contributed by atoms with van der Waals surface area (Å²) < 4.78 is 0. The number of nitrogens with two attached hydrogens (primary N) is 1. The van der Waals surface area contributed by atoms with Crippen molar-refractivity contribution in [2.24, 2.45) is 5.73 Å². The first-order valence-electron chi connectivity index (χ1n) is 4.87. The van der Waals surface area contributed by atoms with Crippen LogP contribution in [0.2, 0.25) is 0 Å². The zero-order valence-electron chi connectivity index (χ0n) is 8.22. The molecular weight excluding hydrogens is 198 g/mol. The normalized spacial score (nSPS) is 21.7. The number of H-pyrrole nitrogens is 1. The van der Waals surface area contributed by atoms with Gasteiger partial charge in [-0.1, -0.05) is 5.10 Å². The monoisotopic (exact) mass is 211 g/mol. The van der Waals surface area contributed by atoms with Crippen molar-refractivity contribution in [3.8, 4) is 0 Å². The maximum absolute atomic E-state index is 10.7. The Morgan fingerprint density at radius 1 is 1.73 bits per heavy atom. The molecule has 0 aromatic carbocycles. The Bertz CT molecular complexity index is 364. The molecule has 0 saturated carbocycles. The lowest BCUT2D eigenvalue weighted by Crippen LogP contribution is -2.42. The zero-order chi connectivity index (χ0) is 10.8. The molecule has 82 valence electrons. The zero-order valence-corrected chi connectivity index (χ0v) is 8.22. The van der Waals surface area contributed by atoms with Crippen LogP contribution in [0.4, 0.5) is 11.5 Å². The molecule has 15 heavy (non-hydrogen) atoms. The molecule has 1 saturated heterocycles. The van der Waals surface area contributed by atoms with Gasteiger partial charge in [0.2, 0.25) is 0 Å². The molecule has 1 fully saturated rings. The number of anilines is 1. The van der Waals surface area contributed by atoms with Crippen molar-refractivity contribution in [2.75, 3.05) is 18.0 Å². The molecule has 0 bridgehead atoms. The van der Waals surface area contributed by atoms with Crippen LogP contribution in [0.1, 0.15) is 12.8 Å². The smallest absolute Gasteiger partial charge is 0.362 e. The maximum atomic E-state index is 10.7. The van der Waals surface area contributed by atoms with Crippen molar-refractivity contribution in [3.63, 3.8) is 0 Å². The second-order valence-electron chi connectivity index (χ2n) is 3.71. The van der Waals surface area contributed by atoms with Crippen molar-refractivity contribution in [2.45, 2.75) is 18.9 Å². The summed E-state index contributed by atoms with van der Waals surface area (Å²) in [4.78, 5) is 12.1. The topological polar surface area (TPSA) is 101 Å². The standard InChI is InChI=1S/C8H13N5O2/c9-6-2-1-3-12(5-6)7-4-10-11-8(7)13(14)15/h4,6H,1-3,5,9H2,(H,10,11). The van der Waals surface area contributed by atoms with Gasteiger partial charge in [-0.2, -0.15) is 0 Å². The first kappa shape index (κ1) is 9.91. The average Bonchev–Trinajstić information content (AvgIpc) is 2.65. The van der Waals surface area contributed by atoms with E-state index in [-0.39, 0.29) is 11.9 Å². The molecule has 0 aliphatic carbocycles. The van der Waals surface area contributed by atoms with Crippen LogP contribution in [0.25, 0.3) is 0 Å². The quantitative estimate of drug-likeness (QED) is 0.539. The number of nitro groups is 1. The highest BCUT2D eigenvalue weighted by atomic mass is 16.6. The second-order valence-corrected chi connectivity index (χ2v) is 3.71. The van der Waals surface area contributed by atoms with Crippen LogP contribution in [0.3, 0.4) is 0 Å². The van der Waals surface area contributed by atoms with Crippen molar-refractivity contribution in [3.05, 3.63) is 16.3 Å². The van der Waals surface area contributed by atoms with E-state index >= 15 is 0 Å². The average molecular weight is 211 g/mol. The molecule has 0 amide bonds. The number of nitrogens with one attached hydrogen (secondary N) is 1. The number of aromatic amines is 1. The molecule has 1 aliphatic rings. The van der Waals surface area contributed by atoms with Gasteiger partial charge in [-0.3, -0.25) is 0 Å². The van der Waals surface area contributed by atoms with Gasteiger partial charge in [0, 0.05) is 19.1 Å². The van der Waals surface area contributed by atoms with E-state index in [0.29, 0.717) is 12.2 Å². The van der Waals surface area contributed by atoms with Crippen LogP contribution >= 0.6 is 0 Å². The Morgan fingerprint density at radius 2 is 2.53 bits per heavy atom. The molecule has 1 aromatic rings. The minimum absolute atomic E-state index is 0.0518. The van der Waals surface area contributed by atoms with E-state index in [2.05, 4.69) is 10.2 Å². The summed E-state index contributed by atoms with van der Waals surface area (Å²) in [6, 6.07) is 0.0910. The lowest BCUT2D eigenvalue weighted by atomic mass is 10.1. The molecule has 0 radical (unpaired) electrons. The van der Waals surface area contributed by atoms with Gasteiger partial charge < -0.3 is 20.7 Å². The van der Waals surface area contributed by atoms with E-state index in [1.165, 1.54) is 6.20 Å². The van der Waals surface area contributed by atoms with Gasteiger partial charge in [-0.25, -0.2) is 0 Å². The highest BCUT2D eigenvalue weighted by Crippen LogP contribution is 2.27. The summed E-state index contributed by atoms with van der Waals surface area (Å²) in [6.07, 6.45) is 3.42. The van der Waals surface area contributed by atoms with Crippen LogP contribution in [0.5, 0.6) is 0 Å². The Morgan fingerprint density at radius 3 is 3.20 bits per heavy atom. The number of rotatable bonds is 2. The fourth-order valence-electron chi connectivity index (χ4n) is 1.87. The van der Waals surface area contributed by atoms with Gasteiger partial charge in [-0.05, 0) is 17.8 Å². The number of nitrogens with zero attached hydrogens (tertiary/aromatic N) is 3. The second kappa shape index (κ2) is 3.85. The SMILES string of the molecule is NC1CCCN(c2cn[nH]c2[N+](=O)[O-])C1. The van der Waals surface area contributed by atoms with Crippen molar-refractivity contribution in [1.82, 2.24) is 10.2 Å². The van der Waals surface area contributed by atoms with E-state index in [1.54, 1.807) is 0 Å². The molecule has 2 rings (SSSR count). The fraction of sp³-hybridized carbons (Fsp3) is 0.625. The molecule has 1 unspecified atom stereocenters. The summed E-state index contributed by atoms with van der Waals surface area (Å²) in [6.45, 7) is 1.45. The largest absolute Gasteiger partial charge is 0.366 e. The molecule has 1 aliphatic heterocycles. The molecule has 3 N–H and O–H groups in total. The lowest BCUT2D eigenvalue weighted by Gasteiger charge is -2.30. The first-order chi connectivity index (χ1) is 7.18. The van der Waals surface area contributed by atoms with E-state index < -0.39 is 4.92 Å². The minimum Gasteiger partial charge on any atom is -0.362 e. The fourth-order valence-corrected chi connectivity index (χ4v) is 1.87. The third-order valence-corrected chi connectivity index (χ3v) is 2.58. The van der Waals surface area contributed by atoms with Gasteiger partial charge in [0.15, 0.2) is 5.69 Å². The molecule has 2 heterocycles. The van der Waals surface area contributed by atoms with Gasteiger partial charge in [-0.15, -0.1) is 5.10 Å². The molecule has 7 nitrogen and oxygen atoms in total. The predicted octanol–water partition coefficient (Wildman–Crippen LogP) is 0.245. The number of hydrogen-bond acceptors (Lipinski definition) is 5. The van der Waals surface area contributed by atoms with Crippen LogP contribution < -0.4 is 10.6 Å². The van der Waals surface area contributed by atoms with Crippen molar-refractivity contribution in [1.29, 1.82) is 0 Å². The maximum Gasteiger partial charge on any atom is 0.366 e. The van der Waals surface area contributed by atoms with Crippen molar-refractivity contribution >= 4 is 11.5 Å². The Labute approximate surface area is 86.4 Å². The number of aromatic nitrogens is 2. The van der Waals surface area contributed by atoms with Crippen molar-refractivity contribution < 1.29 is 4.92 Å². The first-order valence-corrected chi connectivity index (χ1v) is 4.87. The molecule has 1 atom stereocenters. The summed E-state index contributed by atoms with van der Waals surface area (Å²) in [7, 11) is 0. The van der Waals surface area contributed by atoms with E-state index in [0.717, 1.165) is 19.4 Å². The summed E-state index contributed by atoms with van der Waals surface area (Å²) >= 11 is 0. The summed E-state index contributed by atoms with van der Waals surface area (Å²) in [5.41, 5.74) is 6.35. The third kappa shape index (κ3) is 1.91. The molecule has 1 aromatic heterocycles. The summed E-state index contributed by atoms with van der Waals surface area (Å²) in [5, 5.41) is 16.8. The van der Waals surface area contributed by atoms with Gasteiger partial charge >= 0.3 is 5.82 Å². The number of hydrogen-bond donors (Lipinski definition) is 2. The van der Waals surface area contributed by atoms with Crippen LogP contribution in [-0.4, -0.2) is 34.3 Å². The predicted molar refractivity (Wildman–Crippen MR) is 54.7 cm³/mol. The van der Waals surface area contributed by atoms with Gasteiger partial charge in [0.1, 0.15) is 6.20 Å². The highest BCUT2D eigenvalue weighted by molar-refractivity contribution is 5.58. The Balaban J connectivity index is 2.21. The van der Waals surface area contributed by atoms with Crippen LogP contribution in [-0.2, 0) is 0 Å². The van der Waals surface area contributed by atoms with E-state index in [9.17, 15) is 10.1 Å². The third-order valence-electron chi connectivity index (χ3n) is 2.58. The van der Waals surface area contributed by atoms with E-state index in [4.69, 9.17) is 5.73 Å². The Kier molecular flexibility index (Phi) is 2.55.